The highest BCUT2D eigenvalue weighted by Crippen LogP contribution is 2.03. The van der Waals surface area contributed by atoms with Crippen molar-refractivity contribution >= 4 is 11.6 Å². The molecule has 14 heavy (non-hydrogen) atoms. The number of halogens is 1. The van der Waals surface area contributed by atoms with Crippen LogP contribution in [0.25, 0.3) is 0 Å². The van der Waals surface area contributed by atoms with Crippen LogP contribution in [0.4, 0.5) is 0 Å². The van der Waals surface area contributed by atoms with Crippen LogP contribution in [-0.4, -0.2) is 24.4 Å². The highest BCUT2D eigenvalue weighted by atomic mass is 35.5. The number of rotatable bonds is 6. The Balaban J connectivity index is 2.23. The van der Waals surface area contributed by atoms with E-state index in [4.69, 9.17) is 11.6 Å². The van der Waals surface area contributed by atoms with Gasteiger partial charge in [-0.2, -0.15) is 0 Å². The zero-order valence-corrected chi connectivity index (χ0v) is 9.50. The average molecular weight is 212 g/mol. The van der Waals surface area contributed by atoms with Crippen LogP contribution in [0.1, 0.15) is 18.4 Å². The maximum absolute atomic E-state index is 5.63. The molecule has 0 aliphatic carbocycles. The Labute approximate surface area is 91.7 Å². The molecule has 0 aromatic heterocycles. The first-order valence-electron chi connectivity index (χ1n) is 5.11. The Morgan fingerprint density at radius 1 is 1.14 bits per heavy atom. The largest absolute Gasteiger partial charge is 0.302 e. The van der Waals surface area contributed by atoms with Crippen molar-refractivity contribution in [3.05, 3.63) is 35.9 Å². The van der Waals surface area contributed by atoms with Gasteiger partial charge in [0.25, 0.3) is 0 Å². The highest BCUT2D eigenvalue weighted by molar-refractivity contribution is 6.17. The number of unbranched alkanes of at least 4 members (excludes halogenated alkanes) is 1. The Hall–Kier alpha value is -0.530. The zero-order valence-electron chi connectivity index (χ0n) is 8.75. The van der Waals surface area contributed by atoms with E-state index in [1.165, 1.54) is 12.0 Å². The van der Waals surface area contributed by atoms with E-state index in [0.717, 1.165) is 25.4 Å². The van der Waals surface area contributed by atoms with Crippen LogP contribution in [0.5, 0.6) is 0 Å². The van der Waals surface area contributed by atoms with Crippen molar-refractivity contribution < 1.29 is 0 Å². The molecule has 0 radical (unpaired) electrons. The molecule has 0 bridgehead atoms. The lowest BCUT2D eigenvalue weighted by Gasteiger charge is -2.15. The van der Waals surface area contributed by atoms with E-state index in [9.17, 15) is 0 Å². The minimum atomic E-state index is 0.777. The van der Waals surface area contributed by atoms with Gasteiger partial charge in [0.2, 0.25) is 0 Å². The summed E-state index contributed by atoms with van der Waals surface area (Å²) in [6, 6.07) is 10.6. The van der Waals surface area contributed by atoms with E-state index >= 15 is 0 Å². The summed E-state index contributed by atoms with van der Waals surface area (Å²) in [5.41, 5.74) is 1.38. The van der Waals surface area contributed by atoms with Crippen molar-refractivity contribution in [3.63, 3.8) is 0 Å². The summed E-state index contributed by atoms with van der Waals surface area (Å²) in [4.78, 5) is 2.34. The first kappa shape index (κ1) is 11.5. The van der Waals surface area contributed by atoms with Crippen LogP contribution >= 0.6 is 11.6 Å². The predicted octanol–water partition coefficient (Wildman–Crippen LogP) is 3.14. The molecule has 0 N–H and O–H groups in total. The standard InChI is InChI=1S/C12H18ClN/c1-14(10-6-5-9-13)11-12-7-3-2-4-8-12/h2-4,7-8H,5-6,9-11H2,1H3. The molecule has 0 saturated carbocycles. The molecule has 0 fully saturated rings. The molecule has 1 rings (SSSR count). The van der Waals surface area contributed by atoms with Gasteiger partial charge in [0.15, 0.2) is 0 Å². The molecule has 0 saturated heterocycles. The van der Waals surface area contributed by atoms with Crippen LogP contribution in [0, 0.1) is 0 Å². The van der Waals surface area contributed by atoms with Crippen LogP contribution in [-0.2, 0) is 6.54 Å². The maximum atomic E-state index is 5.63. The average Bonchev–Trinajstić information content (AvgIpc) is 2.20. The van der Waals surface area contributed by atoms with Gasteiger partial charge in [-0.25, -0.2) is 0 Å². The van der Waals surface area contributed by atoms with Gasteiger partial charge in [0.05, 0.1) is 0 Å². The van der Waals surface area contributed by atoms with Crippen molar-refractivity contribution in [2.45, 2.75) is 19.4 Å². The van der Waals surface area contributed by atoms with Gasteiger partial charge in [-0.1, -0.05) is 30.3 Å². The van der Waals surface area contributed by atoms with Gasteiger partial charge in [-0.3, -0.25) is 0 Å². The molecule has 0 aliphatic heterocycles. The third-order valence-electron chi connectivity index (χ3n) is 2.22. The molecular formula is C12H18ClN. The molecule has 0 aliphatic rings. The van der Waals surface area contributed by atoms with Crippen molar-refractivity contribution in [3.8, 4) is 0 Å². The SMILES string of the molecule is CN(CCCCCl)Cc1ccccc1. The number of benzene rings is 1. The van der Waals surface area contributed by atoms with Crippen molar-refractivity contribution in [2.24, 2.45) is 0 Å². The number of nitrogens with zero attached hydrogens (tertiary/aromatic N) is 1. The Morgan fingerprint density at radius 3 is 2.50 bits per heavy atom. The lowest BCUT2D eigenvalue weighted by atomic mass is 10.2. The maximum Gasteiger partial charge on any atom is 0.0230 e. The summed E-state index contributed by atoms with van der Waals surface area (Å²) in [5.74, 6) is 0.777. The van der Waals surface area contributed by atoms with Gasteiger partial charge in [0.1, 0.15) is 0 Å². The zero-order chi connectivity index (χ0) is 10.2. The minimum absolute atomic E-state index is 0.777. The smallest absolute Gasteiger partial charge is 0.0230 e. The molecule has 1 aromatic rings. The van der Waals surface area contributed by atoms with Gasteiger partial charge >= 0.3 is 0 Å². The summed E-state index contributed by atoms with van der Waals surface area (Å²) in [7, 11) is 2.15. The second-order valence-corrected chi connectivity index (χ2v) is 4.00. The quantitative estimate of drug-likeness (QED) is 0.516. The molecule has 0 spiro atoms. The van der Waals surface area contributed by atoms with Crippen LogP contribution in [0.2, 0.25) is 0 Å². The Bertz CT molecular complexity index is 235. The van der Waals surface area contributed by atoms with E-state index in [0.29, 0.717) is 0 Å². The van der Waals surface area contributed by atoms with Crippen LogP contribution in [0.3, 0.4) is 0 Å². The topological polar surface area (TPSA) is 3.24 Å². The van der Waals surface area contributed by atoms with Gasteiger partial charge in [-0.15, -0.1) is 11.6 Å². The van der Waals surface area contributed by atoms with E-state index in [-0.39, 0.29) is 0 Å². The summed E-state index contributed by atoms with van der Waals surface area (Å²) in [6.07, 6.45) is 2.30. The van der Waals surface area contributed by atoms with E-state index < -0.39 is 0 Å². The minimum Gasteiger partial charge on any atom is -0.302 e. The second kappa shape index (κ2) is 6.86. The Kier molecular flexibility index (Phi) is 5.65. The summed E-state index contributed by atoms with van der Waals surface area (Å²) in [6.45, 7) is 2.16. The number of hydrogen-bond donors (Lipinski definition) is 0. The lowest BCUT2D eigenvalue weighted by molar-refractivity contribution is 0.321. The van der Waals surface area contributed by atoms with Gasteiger partial charge in [0, 0.05) is 12.4 Å². The van der Waals surface area contributed by atoms with Crippen molar-refractivity contribution in [2.75, 3.05) is 19.5 Å². The molecule has 78 valence electrons. The Morgan fingerprint density at radius 2 is 1.86 bits per heavy atom. The first-order valence-corrected chi connectivity index (χ1v) is 5.65. The molecule has 0 amide bonds. The van der Waals surface area contributed by atoms with Crippen LogP contribution < -0.4 is 0 Å². The number of hydrogen-bond acceptors (Lipinski definition) is 1. The summed E-state index contributed by atoms with van der Waals surface area (Å²) >= 11 is 5.63. The lowest BCUT2D eigenvalue weighted by Crippen LogP contribution is -2.19. The van der Waals surface area contributed by atoms with Gasteiger partial charge < -0.3 is 4.90 Å². The monoisotopic (exact) mass is 211 g/mol. The third kappa shape index (κ3) is 4.64. The van der Waals surface area contributed by atoms with E-state index in [2.05, 4.69) is 42.3 Å². The molecule has 0 atom stereocenters. The molecule has 2 heteroatoms. The molecule has 1 aromatic carbocycles. The first-order chi connectivity index (χ1) is 6.83. The third-order valence-corrected chi connectivity index (χ3v) is 2.49. The molecule has 0 heterocycles. The van der Waals surface area contributed by atoms with E-state index in [1.54, 1.807) is 0 Å². The van der Waals surface area contributed by atoms with Crippen LogP contribution in [0.15, 0.2) is 30.3 Å². The predicted molar refractivity (Wildman–Crippen MR) is 62.7 cm³/mol. The second-order valence-electron chi connectivity index (χ2n) is 3.62. The number of alkyl halides is 1. The molecule has 0 unspecified atom stereocenters. The van der Waals surface area contributed by atoms with Gasteiger partial charge in [-0.05, 0) is 32.0 Å². The van der Waals surface area contributed by atoms with E-state index in [1.807, 2.05) is 0 Å². The van der Waals surface area contributed by atoms with Crippen molar-refractivity contribution in [1.29, 1.82) is 0 Å². The molecule has 1 nitrogen and oxygen atoms in total. The molecular weight excluding hydrogens is 194 g/mol. The summed E-state index contributed by atoms with van der Waals surface area (Å²) in [5, 5.41) is 0. The fourth-order valence-corrected chi connectivity index (χ4v) is 1.64. The van der Waals surface area contributed by atoms with Crippen molar-refractivity contribution in [1.82, 2.24) is 4.90 Å². The normalized spacial score (nSPS) is 10.8. The fraction of sp³-hybridized carbons (Fsp3) is 0.500. The summed E-state index contributed by atoms with van der Waals surface area (Å²) < 4.78 is 0. The fourth-order valence-electron chi connectivity index (χ4n) is 1.45. The highest BCUT2D eigenvalue weighted by Gasteiger charge is 1.98.